The predicted molar refractivity (Wildman–Crippen MR) is 153 cm³/mol. The van der Waals surface area contributed by atoms with Crippen molar-refractivity contribution < 1.29 is 4.74 Å². The largest absolute Gasteiger partial charge is 0.474 e. The fourth-order valence-electron chi connectivity index (χ4n) is 5.00. The molecule has 9 heteroatoms. The first kappa shape index (κ1) is 24.8. The van der Waals surface area contributed by atoms with Crippen LogP contribution >= 0.6 is 0 Å². The third kappa shape index (κ3) is 5.13. The number of pyridine rings is 1. The van der Waals surface area contributed by atoms with Crippen LogP contribution in [0.15, 0.2) is 83.8 Å². The third-order valence-electron chi connectivity index (χ3n) is 7.08. The second-order valence-corrected chi connectivity index (χ2v) is 9.79. The SMILES string of the molecule is CCn1c(=O)c2cnc(Nc3cccc(-c4ccccc4)c3)nc2n1-c1cccc(OC2CCN(C)CC2)n1. The Labute approximate surface area is 226 Å². The summed E-state index contributed by atoms with van der Waals surface area (Å²) in [4.78, 5) is 29.5. The van der Waals surface area contributed by atoms with E-state index in [0.29, 0.717) is 35.2 Å². The van der Waals surface area contributed by atoms with Crippen molar-refractivity contribution in [3.63, 3.8) is 0 Å². The van der Waals surface area contributed by atoms with Gasteiger partial charge in [0, 0.05) is 37.6 Å². The number of benzene rings is 2. The van der Waals surface area contributed by atoms with Gasteiger partial charge in [0.1, 0.15) is 11.5 Å². The van der Waals surface area contributed by atoms with Gasteiger partial charge in [-0.25, -0.2) is 14.3 Å². The minimum absolute atomic E-state index is 0.128. The molecule has 0 amide bonds. The van der Waals surface area contributed by atoms with E-state index >= 15 is 0 Å². The molecule has 1 N–H and O–H groups in total. The molecule has 9 nitrogen and oxygen atoms in total. The van der Waals surface area contributed by atoms with Gasteiger partial charge in [0.2, 0.25) is 11.8 Å². The maximum Gasteiger partial charge on any atom is 0.278 e. The molecule has 39 heavy (non-hydrogen) atoms. The molecular weight excluding hydrogens is 490 g/mol. The minimum Gasteiger partial charge on any atom is -0.474 e. The fraction of sp³-hybridized carbons (Fsp3) is 0.267. The molecule has 0 spiro atoms. The molecule has 1 saturated heterocycles. The second kappa shape index (κ2) is 10.7. The van der Waals surface area contributed by atoms with Gasteiger partial charge in [0.15, 0.2) is 11.5 Å². The smallest absolute Gasteiger partial charge is 0.278 e. The Morgan fingerprint density at radius 1 is 0.949 bits per heavy atom. The van der Waals surface area contributed by atoms with Gasteiger partial charge < -0.3 is 15.0 Å². The lowest BCUT2D eigenvalue weighted by atomic mass is 10.1. The molecule has 3 aromatic heterocycles. The van der Waals surface area contributed by atoms with Gasteiger partial charge >= 0.3 is 0 Å². The van der Waals surface area contributed by atoms with Gasteiger partial charge in [-0.2, -0.15) is 9.97 Å². The van der Waals surface area contributed by atoms with Crippen molar-refractivity contribution in [2.24, 2.45) is 0 Å². The highest BCUT2D eigenvalue weighted by Gasteiger charge is 2.21. The van der Waals surface area contributed by atoms with Crippen LogP contribution in [0.1, 0.15) is 19.8 Å². The standard InChI is InChI=1S/C30H31N7O2/c1-3-36-29(38)25-20-31-30(32-23-12-7-11-22(19-23)21-9-5-4-6-10-21)34-28(25)37(36)26-13-8-14-27(33-26)39-24-15-17-35(2)18-16-24/h4-14,19-20,24H,3,15-18H2,1-2H3,(H,31,32,34). The van der Waals surface area contributed by atoms with Gasteiger partial charge in [-0.3, -0.25) is 4.79 Å². The first-order valence-corrected chi connectivity index (χ1v) is 13.3. The van der Waals surface area contributed by atoms with E-state index in [9.17, 15) is 4.79 Å². The summed E-state index contributed by atoms with van der Waals surface area (Å²) in [7, 11) is 2.13. The molecule has 0 unspecified atom stereocenters. The lowest BCUT2D eigenvalue weighted by Gasteiger charge is -2.29. The number of nitrogens with one attached hydrogen (secondary N) is 1. The van der Waals surface area contributed by atoms with Gasteiger partial charge in [0.05, 0.1) is 0 Å². The molecular formula is C30H31N7O2. The van der Waals surface area contributed by atoms with Crippen LogP contribution in [0.3, 0.4) is 0 Å². The van der Waals surface area contributed by atoms with E-state index in [0.717, 1.165) is 42.7 Å². The first-order chi connectivity index (χ1) is 19.1. The molecule has 6 rings (SSSR count). The van der Waals surface area contributed by atoms with Crippen molar-refractivity contribution in [2.45, 2.75) is 32.4 Å². The minimum atomic E-state index is -0.159. The second-order valence-electron chi connectivity index (χ2n) is 9.79. The van der Waals surface area contributed by atoms with E-state index in [1.165, 1.54) is 0 Å². The zero-order chi connectivity index (χ0) is 26.8. The number of fused-ring (bicyclic) bond motifs is 1. The monoisotopic (exact) mass is 521 g/mol. The normalized spacial score (nSPS) is 14.5. The average Bonchev–Trinajstić information content (AvgIpc) is 3.25. The molecule has 5 aromatic rings. The van der Waals surface area contributed by atoms with E-state index in [1.54, 1.807) is 15.6 Å². The number of likely N-dealkylation sites (tertiary alicyclic amines) is 1. The van der Waals surface area contributed by atoms with Gasteiger partial charge in [-0.05, 0) is 56.1 Å². The summed E-state index contributed by atoms with van der Waals surface area (Å²) in [5, 5.41) is 3.74. The Hall–Kier alpha value is -4.50. The number of anilines is 2. The Bertz CT molecular complexity index is 1650. The summed E-state index contributed by atoms with van der Waals surface area (Å²) in [6.07, 6.45) is 3.63. The van der Waals surface area contributed by atoms with Gasteiger partial charge in [0.25, 0.3) is 5.56 Å². The van der Waals surface area contributed by atoms with Crippen molar-refractivity contribution in [1.29, 1.82) is 0 Å². The Balaban J connectivity index is 1.34. The highest BCUT2D eigenvalue weighted by atomic mass is 16.5. The summed E-state index contributed by atoms with van der Waals surface area (Å²) in [6, 6.07) is 23.9. The van der Waals surface area contributed by atoms with Crippen LogP contribution in [0.5, 0.6) is 5.88 Å². The summed E-state index contributed by atoms with van der Waals surface area (Å²) in [6.45, 7) is 4.39. The molecule has 0 saturated carbocycles. The summed E-state index contributed by atoms with van der Waals surface area (Å²) < 4.78 is 9.61. The van der Waals surface area contributed by atoms with Crippen LogP contribution in [-0.4, -0.2) is 55.5 Å². The third-order valence-corrected chi connectivity index (χ3v) is 7.08. The maximum atomic E-state index is 13.2. The molecule has 1 aliphatic heterocycles. The number of nitrogens with zero attached hydrogens (tertiary/aromatic N) is 6. The first-order valence-electron chi connectivity index (χ1n) is 13.3. The van der Waals surface area contributed by atoms with Crippen LogP contribution in [-0.2, 0) is 6.54 Å². The lowest BCUT2D eigenvalue weighted by Crippen LogP contribution is -2.35. The molecule has 4 heterocycles. The molecule has 0 atom stereocenters. The van der Waals surface area contributed by atoms with Crippen molar-refractivity contribution in [3.05, 3.63) is 89.3 Å². The quantitative estimate of drug-likeness (QED) is 0.326. The fourth-order valence-corrected chi connectivity index (χ4v) is 5.00. The number of hydrogen-bond donors (Lipinski definition) is 1. The number of ether oxygens (including phenoxy) is 1. The highest BCUT2D eigenvalue weighted by molar-refractivity contribution is 5.77. The lowest BCUT2D eigenvalue weighted by molar-refractivity contribution is 0.110. The predicted octanol–water partition coefficient (Wildman–Crippen LogP) is 4.88. The van der Waals surface area contributed by atoms with E-state index in [1.807, 2.05) is 55.5 Å². The zero-order valence-corrected chi connectivity index (χ0v) is 22.1. The molecule has 198 valence electrons. The Morgan fingerprint density at radius 3 is 2.51 bits per heavy atom. The average molecular weight is 522 g/mol. The molecule has 1 aliphatic rings. The van der Waals surface area contributed by atoms with E-state index in [-0.39, 0.29) is 11.7 Å². The van der Waals surface area contributed by atoms with Crippen molar-refractivity contribution in [1.82, 2.24) is 29.2 Å². The number of aromatic nitrogens is 5. The van der Waals surface area contributed by atoms with Crippen molar-refractivity contribution in [3.8, 4) is 22.8 Å². The highest BCUT2D eigenvalue weighted by Crippen LogP contribution is 2.25. The van der Waals surface area contributed by atoms with Gasteiger partial charge in [-0.1, -0.05) is 48.5 Å². The van der Waals surface area contributed by atoms with E-state index in [2.05, 4.69) is 46.5 Å². The summed E-state index contributed by atoms with van der Waals surface area (Å²) in [5.74, 6) is 1.52. The van der Waals surface area contributed by atoms with Crippen molar-refractivity contribution >= 4 is 22.7 Å². The van der Waals surface area contributed by atoms with Crippen LogP contribution in [0.25, 0.3) is 28.0 Å². The molecule has 2 aromatic carbocycles. The van der Waals surface area contributed by atoms with Gasteiger partial charge in [-0.15, -0.1) is 0 Å². The van der Waals surface area contributed by atoms with Crippen LogP contribution in [0.4, 0.5) is 11.6 Å². The number of piperidine rings is 1. The maximum absolute atomic E-state index is 13.2. The van der Waals surface area contributed by atoms with Crippen LogP contribution in [0.2, 0.25) is 0 Å². The van der Waals surface area contributed by atoms with E-state index < -0.39 is 0 Å². The Kier molecular flexibility index (Phi) is 6.81. The number of hydrogen-bond acceptors (Lipinski definition) is 7. The summed E-state index contributed by atoms with van der Waals surface area (Å²) in [5.41, 5.74) is 3.39. The molecule has 0 aliphatic carbocycles. The Morgan fingerprint density at radius 2 is 1.72 bits per heavy atom. The van der Waals surface area contributed by atoms with Crippen LogP contribution < -0.4 is 15.6 Å². The molecule has 0 bridgehead atoms. The summed E-state index contributed by atoms with van der Waals surface area (Å²) >= 11 is 0. The zero-order valence-electron chi connectivity index (χ0n) is 22.1. The topological polar surface area (TPSA) is 90.1 Å². The molecule has 1 fully saturated rings. The number of rotatable bonds is 7. The van der Waals surface area contributed by atoms with Crippen molar-refractivity contribution in [2.75, 3.05) is 25.5 Å². The molecule has 0 radical (unpaired) electrons. The van der Waals surface area contributed by atoms with Crippen LogP contribution in [0, 0.1) is 0 Å². The van der Waals surface area contributed by atoms with E-state index in [4.69, 9.17) is 14.7 Å².